The lowest BCUT2D eigenvalue weighted by Gasteiger charge is -2.15. The molecule has 3 aromatic rings. The second-order valence-corrected chi connectivity index (χ2v) is 8.20. The van der Waals surface area contributed by atoms with Gasteiger partial charge in [0.1, 0.15) is 11.5 Å². The Bertz CT molecular complexity index is 1110. The summed E-state index contributed by atoms with van der Waals surface area (Å²) in [5.74, 6) is 0.839. The van der Waals surface area contributed by atoms with Crippen molar-refractivity contribution in [2.24, 2.45) is 0 Å². The average Bonchev–Trinajstić information content (AvgIpc) is 3.06. The van der Waals surface area contributed by atoms with Gasteiger partial charge in [-0.05, 0) is 62.7 Å². The lowest BCUT2D eigenvalue weighted by molar-refractivity contribution is -0.122. The third kappa shape index (κ3) is 5.35. The van der Waals surface area contributed by atoms with Crippen LogP contribution in [-0.2, 0) is 14.8 Å². The van der Waals surface area contributed by atoms with Gasteiger partial charge < -0.3 is 14.6 Å². The average molecular weight is 415 g/mol. The molecule has 0 aliphatic carbocycles. The summed E-state index contributed by atoms with van der Waals surface area (Å²) in [5, 5.41) is 6.31. The zero-order valence-corrected chi connectivity index (χ0v) is 17.0. The highest BCUT2D eigenvalue weighted by atomic mass is 32.2. The van der Waals surface area contributed by atoms with Crippen molar-refractivity contribution in [2.45, 2.75) is 31.8 Å². The summed E-state index contributed by atoms with van der Waals surface area (Å²) in [6, 6.07) is 14.6. The van der Waals surface area contributed by atoms with Crippen molar-refractivity contribution < 1.29 is 22.5 Å². The Morgan fingerprint density at radius 2 is 1.83 bits per heavy atom. The van der Waals surface area contributed by atoms with Crippen molar-refractivity contribution in [3.8, 4) is 5.75 Å². The summed E-state index contributed by atoms with van der Waals surface area (Å²) in [4.78, 5) is 12.4. The van der Waals surface area contributed by atoms with E-state index in [-0.39, 0.29) is 16.6 Å². The SMILES string of the molecule is Cc1cccc(O[C@H](C)C(=O)Nc2ccc(S(=O)(=O)Nc3cc(C)on3)cc2)c1. The van der Waals surface area contributed by atoms with Gasteiger partial charge in [-0.15, -0.1) is 0 Å². The highest BCUT2D eigenvalue weighted by Crippen LogP contribution is 2.19. The second-order valence-electron chi connectivity index (χ2n) is 6.52. The fourth-order valence-electron chi connectivity index (χ4n) is 2.52. The van der Waals surface area contributed by atoms with Gasteiger partial charge in [0.05, 0.1) is 4.90 Å². The molecule has 0 radical (unpaired) electrons. The van der Waals surface area contributed by atoms with E-state index in [0.29, 0.717) is 17.2 Å². The number of hydrogen-bond donors (Lipinski definition) is 2. The maximum absolute atomic E-state index is 12.4. The molecule has 1 heterocycles. The van der Waals surface area contributed by atoms with Crippen LogP contribution in [0.15, 0.2) is 64.0 Å². The van der Waals surface area contributed by atoms with Gasteiger partial charge >= 0.3 is 0 Å². The topological polar surface area (TPSA) is 111 Å². The molecule has 0 unspecified atom stereocenters. The standard InChI is InChI=1S/C20H21N3O5S/c1-13-5-4-6-17(11-13)27-15(3)20(24)21-16-7-9-18(10-8-16)29(25,26)23-19-12-14(2)28-22-19/h4-12,15H,1-3H3,(H,21,24)(H,22,23)/t15-/m1/s1. The van der Waals surface area contributed by atoms with Crippen LogP contribution < -0.4 is 14.8 Å². The van der Waals surface area contributed by atoms with Crippen LogP contribution in [0.25, 0.3) is 0 Å². The van der Waals surface area contributed by atoms with Crippen LogP contribution in [0.3, 0.4) is 0 Å². The van der Waals surface area contributed by atoms with Crippen LogP contribution in [0.5, 0.6) is 5.75 Å². The van der Waals surface area contributed by atoms with Crippen molar-refractivity contribution in [3.05, 3.63) is 65.9 Å². The van der Waals surface area contributed by atoms with Gasteiger partial charge in [-0.25, -0.2) is 8.42 Å². The van der Waals surface area contributed by atoms with Gasteiger partial charge in [-0.1, -0.05) is 17.3 Å². The molecular formula is C20H21N3O5S. The number of carbonyl (C=O) groups is 1. The van der Waals surface area contributed by atoms with Crippen LogP contribution >= 0.6 is 0 Å². The number of anilines is 2. The molecule has 0 bridgehead atoms. The molecule has 3 rings (SSSR count). The Labute approximate surface area is 168 Å². The molecule has 0 aliphatic rings. The summed E-state index contributed by atoms with van der Waals surface area (Å²) in [6.07, 6.45) is -0.725. The monoisotopic (exact) mass is 415 g/mol. The quantitative estimate of drug-likeness (QED) is 0.611. The van der Waals surface area contributed by atoms with E-state index in [1.807, 2.05) is 25.1 Å². The zero-order valence-electron chi connectivity index (χ0n) is 16.2. The van der Waals surface area contributed by atoms with Crippen LogP contribution in [0.2, 0.25) is 0 Å². The molecule has 2 aromatic carbocycles. The van der Waals surface area contributed by atoms with Crippen molar-refractivity contribution in [3.63, 3.8) is 0 Å². The molecule has 9 heteroatoms. The first-order valence-corrected chi connectivity index (χ1v) is 10.3. The number of nitrogens with zero attached hydrogens (tertiary/aromatic N) is 1. The Balaban J connectivity index is 1.62. The summed E-state index contributed by atoms with van der Waals surface area (Å²) in [7, 11) is -3.82. The maximum atomic E-state index is 12.4. The fraction of sp³-hybridized carbons (Fsp3) is 0.200. The van der Waals surface area contributed by atoms with E-state index in [1.165, 1.54) is 30.3 Å². The van der Waals surface area contributed by atoms with Crippen LogP contribution in [0.1, 0.15) is 18.2 Å². The molecule has 1 amide bonds. The van der Waals surface area contributed by atoms with E-state index in [4.69, 9.17) is 9.26 Å². The van der Waals surface area contributed by atoms with Crippen molar-refractivity contribution in [1.29, 1.82) is 0 Å². The molecule has 2 N–H and O–H groups in total. The summed E-state index contributed by atoms with van der Waals surface area (Å²) in [5.41, 5.74) is 1.48. The molecule has 1 aromatic heterocycles. The first kappa shape index (κ1) is 20.4. The highest BCUT2D eigenvalue weighted by molar-refractivity contribution is 7.92. The van der Waals surface area contributed by atoms with Gasteiger partial charge in [0.2, 0.25) is 0 Å². The second kappa shape index (κ2) is 8.36. The predicted molar refractivity (Wildman–Crippen MR) is 108 cm³/mol. The van der Waals surface area contributed by atoms with Gasteiger partial charge in [-0.3, -0.25) is 9.52 Å². The predicted octanol–water partition coefficient (Wildman–Crippen LogP) is 3.50. The number of carbonyl (C=O) groups excluding carboxylic acids is 1. The van der Waals surface area contributed by atoms with E-state index < -0.39 is 16.1 Å². The Morgan fingerprint density at radius 3 is 2.45 bits per heavy atom. The van der Waals surface area contributed by atoms with Crippen LogP contribution in [-0.4, -0.2) is 25.6 Å². The van der Waals surface area contributed by atoms with Crippen molar-refractivity contribution in [2.75, 3.05) is 10.0 Å². The zero-order chi connectivity index (χ0) is 21.0. The fourth-order valence-corrected chi connectivity index (χ4v) is 3.50. The number of benzene rings is 2. The minimum atomic E-state index is -3.82. The summed E-state index contributed by atoms with van der Waals surface area (Å²) < 4.78 is 37.6. The van der Waals surface area contributed by atoms with E-state index in [2.05, 4.69) is 15.2 Å². The first-order chi connectivity index (χ1) is 13.7. The minimum Gasteiger partial charge on any atom is -0.481 e. The summed E-state index contributed by atoms with van der Waals surface area (Å²) in [6.45, 7) is 5.23. The van der Waals surface area contributed by atoms with Gasteiger partial charge in [0, 0.05) is 11.8 Å². The number of nitrogens with one attached hydrogen (secondary N) is 2. The van der Waals surface area contributed by atoms with E-state index in [9.17, 15) is 13.2 Å². The van der Waals surface area contributed by atoms with E-state index in [0.717, 1.165) is 5.56 Å². The van der Waals surface area contributed by atoms with Gasteiger partial charge in [-0.2, -0.15) is 0 Å². The third-order valence-electron chi connectivity index (χ3n) is 3.97. The summed E-state index contributed by atoms with van der Waals surface area (Å²) >= 11 is 0. The number of sulfonamides is 1. The van der Waals surface area contributed by atoms with Crippen LogP contribution in [0, 0.1) is 13.8 Å². The molecule has 0 saturated heterocycles. The molecule has 1 atom stereocenters. The van der Waals surface area contributed by atoms with Gasteiger partial charge in [0.25, 0.3) is 15.9 Å². The molecular weight excluding hydrogens is 394 g/mol. The van der Waals surface area contributed by atoms with Crippen LogP contribution in [0.4, 0.5) is 11.5 Å². The smallest absolute Gasteiger partial charge is 0.265 e. The largest absolute Gasteiger partial charge is 0.481 e. The number of amides is 1. The van der Waals surface area contributed by atoms with Crippen molar-refractivity contribution >= 4 is 27.4 Å². The third-order valence-corrected chi connectivity index (χ3v) is 5.34. The maximum Gasteiger partial charge on any atom is 0.265 e. The molecule has 0 spiro atoms. The number of ether oxygens (including phenoxy) is 1. The molecule has 0 fully saturated rings. The van der Waals surface area contributed by atoms with Gasteiger partial charge in [0.15, 0.2) is 11.9 Å². The Kier molecular flexibility index (Phi) is 5.88. The number of rotatable bonds is 7. The number of aryl methyl sites for hydroxylation is 2. The molecule has 29 heavy (non-hydrogen) atoms. The molecule has 0 aliphatic heterocycles. The molecule has 8 nitrogen and oxygen atoms in total. The molecule has 0 saturated carbocycles. The Morgan fingerprint density at radius 1 is 1.10 bits per heavy atom. The molecule has 152 valence electrons. The lowest BCUT2D eigenvalue weighted by atomic mass is 10.2. The normalized spacial score (nSPS) is 12.2. The van der Waals surface area contributed by atoms with E-state index in [1.54, 1.807) is 19.9 Å². The number of hydrogen-bond acceptors (Lipinski definition) is 6. The Hall–Kier alpha value is -3.33. The lowest BCUT2D eigenvalue weighted by Crippen LogP contribution is -2.30. The number of aromatic nitrogens is 1. The highest BCUT2D eigenvalue weighted by Gasteiger charge is 2.18. The van der Waals surface area contributed by atoms with Crippen molar-refractivity contribution in [1.82, 2.24) is 5.16 Å². The first-order valence-electron chi connectivity index (χ1n) is 8.83. The minimum absolute atomic E-state index is 0.0280. The van der Waals surface area contributed by atoms with E-state index >= 15 is 0 Å².